The molecule has 1 amide bonds. The predicted molar refractivity (Wildman–Crippen MR) is 92.1 cm³/mol. The third-order valence-corrected chi connectivity index (χ3v) is 5.96. The van der Waals surface area contributed by atoms with Gasteiger partial charge in [0.25, 0.3) is 5.91 Å². The molecular weight excluding hydrogens is 308 g/mol. The second-order valence-corrected chi connectivity index (χ2v) is 7.29. The second-order valence-electron chi connectivity index (χ2n) is 6.24. The third kappa shape index (κ3) is 2.75. The molecule has 2 bridgehead atoms. The van der Waals surface area contributed by atoms with Crippen LogP contribution in [0.15, 0.2) is 36.4 Å². The number of hydrogen-bond donors (Lipinski definition) is 2. The van der Waals surface area contributed by atoms with Gasteiger partial charge < -0.3 is 15.4 Å². The number of thiophene rings is 1. The zero-order valence-electron chi connectivity index (χ0n) is 13.0. The minimum atomic E-state index is 0.00910. The summed E-state index contributed by atoms with van der Waals surface area (Å²) in [5.41, 5.74) is 1.08. The Morgan fingerprint density at radius 1 is 1.30 bits per heavy atom. The van der Waals surface area contributed by atoms with Gasteiger partial charge in [0.05, 0.1) is 16.9 Å². The minimum absolute atomic E-state index is 0.00910. The Kier molecular flexibility index (Phi) is 3.83. The summed E-state index contributed by atoms with van der Waals surface area (Å²) in [4.78, 5) is 14.3. The molecule has 3 atom stereocenters. The molecule has 2 saturated heterocycles. The Morgan fingerprint density at radius 3 is 2.78 bits per heavy atom. The lowest BCUT2D eigenvalue weighted by atomic mass is 9.95. The van der Waals surface area contributed by atoms with Crippen LogP contribution in [0.2, 0.25) is 0 Å². The van der Waals surface area contributed by atoms with Crippen molar-refractivity contribution >= 4 is 17.2 Å². The van der Waals surface area contributed by atoms with Gasteiger partial charge >= 0.3 is 0 Å². The van der Waals surface area contributed by atoms with Crippen molar-refractivity contribution in [2.75, 3.05) is 7.11 Å². The van der Waals surface area contributed by atoms with E-state index >= 15 is 0 Å². The normalized spacial score (nSPS) is 25.5. The summed E-state index contributed by atoms with van der Waals surface area (Å²) in [7, 11) is 1.65. The van der Waals surface area contributed by atoms with E-state index in [1.165, 1.54) is 24.2 Å². The summed E-state index contributed by atoms with van der Waals surface area (Å²) in [5, 5.41) is 6.75. The highest BCUT2D eigenvalue weighted by molar-refractivity contribution is 7.17. The van der Waals surface area contributed by atoms with Gasteiger partial charge in [0.1, 0.15) is 5.75 Å². The number of nitrogens with one attached hydrogen (secondary N) is 2. The Balaban J connectivity index is 1.55. The van der Waals surface area contributed by atoms with E-state index in [1.807, 2.05) is 36.4 Å². The van der Waals surface area contributed by atoms with Crippen molar-refractivity contribution in [1.82, 2.24) is 10.6 Å². The van der Waals surface area contributed by atoms with Gasteiger partial charge in [-0.05, 0) is 24.8 Å². The second kappa shape index (κ2) is 5.98. The molecule has 23 heavy (non-hydrogen) atoms. The van der Waals surface area contributed by atoms with Gasteiger partial charge in [-0.1, -0.05) is 30.3 Å². The molecule has 4 nitrogen and oxygen atoms in total. The molecule has 0 radical (unpaired) electrons. The number of fused-ring (bicyclic) bond motifs is 2. The fourth-order valence-corrected chi connectivity index (χ4v) is 4.69. The maximum Gasteiger partial charge on any atom is 0.261 e. The number of carbonyl (C=O) groups is 1. The highest BCUT2D eigenvalue weighted by Gasteiger charge is 2.39. The van der Waals surface area contributed by atoms with Crippen LogP contribution < -0.4 is 15.4 Å². The van der Waals surface area contributed by atoms with Crippen LogP contribution in [0.4, 0.5) is 0 Å². The zero-order valence-corrected chi connectivity index (χ0v) is 13.9. The number of hydrogen-bond acceptors (Lipinski definition) is 4. The largest absolute Gasteiger partial charge is 0.495 e. The molecule has 120 valence electrons. The Morgan fingerprint density at radius 2 is 2.13 bits per heavy atom. The first-order chi connectivity index (χ1) is 11.2. The summed E-state index contributed by atoms with van der Waals surface area (Å²) in [5.74, 6) is 0.771. The van der Waals surface area contributed by atoms with Crippen LogP contribution >= 0.6 is 11.3 Å². The lowest BCUT2D eigenvalue weighted by molar-refractivity contribution is 0.0935. The van der Waals surface area contributed by atoms with E-state index in [0.29, 0.717) is 17.0 Å². The standard InChI is InChI=1S/C18H20N2O2S/c1-22-15-10-16(23-17(15)11-5-3-2-4-6-11)18(21)20-14-9-12-7-8-13(14)19-12/h2-6,10,12-14,19H,7-9H2,1H3,(H,20,21). The van der Waals surface area contributed by atoms with Crippen molar-refractivity contribution in [2.24, 2.45) is 0 Å². The molecule has 2 fully saturated rings. The molecule has 3 heterocycles. The highest BCUT2D eigenvalue weighted by atomic mass is 32.1. The average Bonchev–Trinajstić information content (AvgIpc) is 3.30. The van der Waals surface area contributed by atoms with E-state index in [1.54, 1.807) is 7.11 Å². The van der Waals surface area contributed by atoms with Crippen LogP contribution in [0.3, 0.4) is 0 Å². The van der Waals surface area contributed by atoms with E-state index in [0.717, 1.165) is 22.6 Å². The van der Waals surface area contributed by atoms with Crippen molar-refractivity contribution in [3.63, 3.8) is 0 Å². The van der Waals surface area contributed by atoms with Crippen LogP contribution in [0, 0.1) is 0 Å². The number of carbonyl (C=O) groups excluding carboxylic acids is 1. The first-order valence-corrected chi connectivity index (χ1v) is 8.86. The minimum Gasteiger partial charge on any atom is -0.495 e. The molecule has 0 spiro atoms. The Hall–Kier alpha value is -1.85. The number of amides is 1. The molecule has 2 aromatic rings. The van der Waals surface area contributed by atoms with Crippen LogP contribution in [0.25, 0.3) is 10.4 Å². The van der Waals surface area contributed by atoms with Crippen LogP contribution in [-0.2, 0) is 0 Å². The molecule has 5 heteroatoms. The summed E-state index contributed by atoms with van der Waals surface area (Å²) in [6.07, 6.45) is 3.45. The topological polar surface area (TPSA) is 50.4 Å². The third-order valence-electron chi connectivity index (χ3n) is 4.79. The highest BCUT2D eigenvalue weighted by Crippen LogP contribution is 2.38. The molecule has 4 rings (SSSR count). The SMILES string of the molecule is COc1cc(C(=O)NC2CC3CCC2N3)sc1-c1ccccc1. The van der Waals surface area contributed by atoms with E-state index < -0.39 is 0 Å². The molecule has 1 aromatic carbocycles. The molecule has 2 aliphatic rings. The number of ether oxygens (including phenoxy) is 1. The van der Waals surface area contributed by atoms with Gasteiger partial charge in [-0.3, -0.25) is 4.79 Å². The first kappa shape index (κ1) is 14.7. The van der Waals surface area contributed by atoms with Crippen LogP contribution in [0.1, 0.15) is 28.9 Å². The molecule has 0 aliphatic carbocycles. The fraction of sp³-hybridized carbons (Fsp3) is 0.389. The Labute approximate surface area is 139 Å². The van der Waals surface area contributed by atoms with Gasteiger partial charge in [-0.15, -0.1) is 11.3 Å². The van der Waals surface area contributed by atoms with Gasteiger partial charge in [-0.25, -0.2) is 0 Å². The van der Waals surface area contributed by atoms with E-state index in [4.69, 9.17) is 4.74 Å². The van der Waals surface area contributed by atoms with Crippen LogP contribution in [-0.4, -0.2) is 31.1 Å². The monoisotopic (exact) mass is 328 g/mol. The summed E-state index contributed by atoms with van der Waals surface area (Å²) in [6.45, 7) is 0. The smallest absolute Gasteiger partial charge is 0.261 e. The average molecular weight is 328 g/mol. The lowest BCUT2D eigenvalue weighted by Gasteiger charge is -2.20. The van der Waals surface area contributed by atoms with Crippen molar-refractivity contribution in [3.05, 3.63) is 41.3 Å². The first-order valence-electron chi connectivity index (χ1n) is 8.05. The van der Waals surface area contributed by atoms with E-state index in [9.17, 15) is 4.79 Å². The molecule has 1 aromatic heterocycles. The van der Waals surface area contributed by atoms with Gasteiger partial charge in [0.15, 0.2) is 0 Å². The zero-order chi connectivity index (χ0) is 15.8. The number of methoxy groups -OCH3 is 1. The summed E-state index contributed by atoms with van der Waals surface area (Å²) in [6, 6.07) is 13.2. The van der Waals surface area contributed by atoms with E-state index in [2.05, 4.69) is 10.6 Å². The van der Waals surface area contributed by atoms with Crippen molar-refractivity contribution in [2.45, 2.75) is 37.4 Å². The van der Waals surface area contributed by atoms with Crippen molar-refractivity contribution in [3.8, 4) is 16.2 Å². The number of rotatable bonds is 4. The summed E-state index contributed by atoms with van der Waals surface area (Å²) >= 11 is 1.49. The van der Waals surface area contributed by atoms with Gasteiger partial charge in [0, 0.05) is 24.2 Å². The fourth-order valence-electron chi connectivity index (χ4n) is 3.65. The summed E-state index contributed by atoms with van der Waals surface area (Å²) < 4.78 is 5.47. The quantitative estimate of drug-likeness (QED) is 0.907. The van der Waals surface area contributed by atoms with Gasteiger partial charge in [-0.2, -0.15) is 0 Å². The lowest BCUT2D eigenvalue weighted by Crippen LogP contribution is -2.42. The van der Waals surface area contributed by atoms with Crippen LogP contribution in [0.5, 0.6) is 5.75 Å². The molecule has 3 unspecified atom stereocenters. The van der Waals surface area contributed by atoms with Crippen molar-refractivity contribution < 1.29 is 9.53 Å². The maximum atomic E-state index is 12.6. The van der Waals surface area contributed by atoms with Crippen molar-refractivity contribution in [1.29, 1.82) is 0 Å². The number of benzene rings is 1. The van der Waals surface area contributed by atoms with Gasteiger partial charge in [0.2, 0.25) is 0 Å². The molecular formula is C18H20N2O2S. The molecule has 2 aliphatic heterocycles. The van der Waals surface area contributed by atoms with E-state index in [-0.39, 0.29) is 11.9 Å². The molecule has 0 saturated carbocycles. The predicted octanol–water partition coefficient (Wildman–Crippen LogP) is 3.05. The Bertz CT molecular complexity index is 713. The maximum absolute atomic E-state index is 12.6. The molecule has 2 N–H and O–H groups in total.